The Morgan fingerprint density at radius 3 is 2.85 bits per heavy atom. The molecule has 5 atom stereocenters. The molecule has 33 heavy (non-hydrogen) atoms. The largest absolute Gasteiger partial charge is 0.504 e. The fourth-order valence-electron chi connectivity index (χ4n) is 7.38. The molecule has 2 aliphatic heterocycles. The summed E-state index contributed by atoms with van der Waals surface area (Å²) in [5.41, 5.74) is 0.678. The second-order valence-electron chi connectivity index (χ2n) is 10.7. The third-order valence-corrected chi connectivity index (χ3v) is 9.12. The summed E-state index contributed by atoms with van der Waals surface area (Å²) in [4.78, 5) is 17.3. The van der Waals surface area contributed by atoms with E-state index in [1.165, 1.54) is 18.4 Å². The van der Waals surface area contributed by atoms with Crippen molar-refractivity contribution in [3.8, 4) is 11.5 Å². The number of likely N-dealkylation sites (N-methyl/N-ethyl adjacent to an activating group) is 1. The van der Waals surface area contributed by atoms with Gasteiger partial charge in [-0.1, -0.05) is 24.3 Å². The van der Waals surface area contributed by atoms with Crippen molar-refractivity contribution in [3.63, 3.8) is 0 Å². The van der Waals surface area contributed by atoms with E-state index in [-0.39, 0.29) is 29.8 Å². The average Bonchev–Trinajstić information content (AvgIpc) is 3.54. The number of rotatable bonds is 5. The van der Waals surface area contributed by atoms with Gasteiger partial charge < -0.3 is 19.8 Å². The molecule has 1 amide bonds. The Labute approximate surface area is 195 Å². The quantitative estimate of drug-likeness (QED) is 0.533. The highest BCUT2D eigenvalue weighted by Gasteiger charge is 2.73. The molecule has 3 fully saturated rings. The lowest BCUT2D eigenvalue weighted by Crippen LogP contribution is -2.78. The first-order valence-corrected chi connectivity index (χ1v) is 12.5. The highest BCUT2D eigenvalue weighted by Crippen LogP contribution is 2.66. The van der Waals surface area contributed by atoms with Crippen molar-refractivity contribution in [2.24, 2.45) is 5.92 Å². The first-order valence-electron chi connectivity index (χ1n) is 12.5. The van der Waals surface area contributed by atoms with E-state index in [1.807, 2.05) is 32.2 Å². The molecule has 1 aromatic rings. The summed E-state index contributed by atoms with van der Waals surface area (Å²) < 4.78 is 6.55. The van der Waals surface area contributed by atoms with Gasteiger partial charge in [-0.15, -0.1) is 0 Å². The van der Waals surface area contributed by atoms with Gasteiger partial charge in [0.25, 0.3) is 0 Å². The summed E-state index contributed by atoms with van der Waals surface area (Å²) in [6.07, 6.45) is 12.2. The van der Waals surface area contributed by atoms with Gasteiger partial charge in [-0.05, 0) is 69.5 Å². The van der Waals surface area contributed by atoms with Crippen LogP contribution >= 0.6 is 0 Å². The van der Waals surface area contributed by atoms with Crippen LogP contribution < -0.4 is 4.74 Å². The number of phenolic OH excluding ortho intramolecular Hbond substituents is 1. The summed E-state index contributed by atoms with van der Waals surface area (Å²) in [6.45, 7) is 3.90. The molecule has 1 spiro atoms. The standard InChI is InChI=1S/C27H34N2O4/c1-3-4-5-6-22(31)28(2)19-11-12-27(32)21-15-18-9-10-20(30)24-23(18)26(27,25(19)33-24)13-14-29(21)16-17-7-8-17/h3-6,9-10,17,19,21,25,30,32H,7-8,11-16H2,1-2H3/b4-3+,6-5+/t19-,21-,25+,26+,27-/m1/s1. The molecule has 6 rings (SSSR count). The highest BCUT2D eigenvalue weighted by molar-refractivity contribution is 5.88. The van der Waals surface area contributed by atoms with E-state index in [4.69, 9.17) is 4.74 Å². The minimum absolute atomic E-state index is 0.0532. The van der Waals surface area contributed by atoms with Gasteiger partial charge in [0.15, 0.2) is 11.5 Å². The molecule has 2 heterocycles. The van der Waals surface area contributed by atoms with Gasteiger partial charge in [0, 0.05) is 31.3 Å². The molecule has 2 saturated carbocycles. The lowest BCUT2D eigenvalue weighted by molar-refractivity contribution is -0.200. The van der Waals surface area contributed by atoms with Crippen LogP contribution in [0.15, 0.2) is 36.4 Å². The van der Waals surface area contributed by atoms with E-state index in [2.05, 4.69) is 4.90 Å². The van der Waals surface area contributed by atoms with Gasteiger partial charge >= 0.3 is 0 Å². The minimum Gasteiger partial charge on any atom is -0.504 e. The molecule has 176 valence electrons. The van der Waals surface area contributed by atoms with Crippen molar-refractivity contribution >= 4 is 5.91 Å². The summed E-state index contributed by atoms with van der Waals surface area (Å²) in [5.74, 6) is 1.36. The van der Waals surface area contributed by atoms with Gasteiger partial charge in [-0.25, -0.2) is 0 Å². The minimum atomic E-state index is -0.919. The highest BCUT2D eigenvalue weighted by atomic mass is 16.5. The molecular weight excluding hydrogens is 416 g/mol. The fraction of sp³-hybridized carbons (Fsp3) is 0.593. The Kier molecular flexibility index (Phi) is 4.73. The van der Waals surface area contributed by atoms with Crippen molar-refractivity contribution in [3.05, 3.63) is 47.6 Å². The number of carbonyl (C=O) groups excluding carboxylic acids is 1. The van der Waals surface area contributed by atoms with Gasteiger partial charge in [-0.2, -0.15) is 0 Å². The van der Waals surface area contributed by atoms with Crippen molar-refractivity contribution in [1.82, 2.24) is 9.80 Å². The molecule has 2 bridgehead atoms. The number of amides is 1. The summed E-state index contributed by atoms with van der Waals surface area (Å²) in [5, 5.41) is 23.2. The van der Waals surface area contributed by atoms with Crippen LogP contribution in [-0.4, -0.2) is 69.8 Å². The van der Waals surface area contributed by atoms with Gasteiger partial charge in [-0.3, -0.25) is 9.69 Å². The summed E-state index contributed by atoms with van der Waals surface area (Å²) in [7, 11) is 1.84. The number of phenols is 1. The van der Waals surface area contributed by atoms with Crippen LogP contribution in [0.5, 0.6) is 11.5 Å². The third-order valence-electron chi connectivity index (χ3n) is 9.12. The Balaban J connectivity index is 1.43. The van der Waals surface area contributed by atoms with Crippen molar-refractivity contribution in [2.75, 3.05) is 20.1 Å². The Morgan fingerprint density at radius 2 is 2.09 bits per heavy atom. The molecule has 0 radical (unpaired) electrons. The molecule has 6 nitrogen and oxygen atoms in total. The van der Waals surface area contributed by atoms with E-state index < -0.39 is 11.0 Å². The molecule has 5 aliphatic rings. The van der Waals surface area contributed by atoms with Crippen molar-refractivity contribution in [2.45, 2.75) is 74.7 Å². The van der Waals surface area contributed by atoms with Crippen molar-refractivity contribution < 1.29 is 19.7 Å². The van der Waals surface area contributed by atoms with Crippen LogP contribution in [-0.2, 0) is 16.6 Å². The van der Waals surface area contributed by atoms with Gasteiger partial charge in [0.2, 0.25) is 5.91 Å². The van der Waals surface area contributed by atoms with Crippen LogP contribution in [0.4, 0.5) is 0 Å². The number of hydrogen-bond donors (Lipinski definition) is 2. The number of benzene rings is 1. The number of aliphatic hydroxyl groups is 1. The number of likely N-dealkylation sites (tertiary alicyclic amines) is 1. The van der Waals surface area contributed by atoms with E-state index >= 15 is 0 Å². The molecule has 3 aliphatic carbocycles. The number of ether oxygens (including phenoxy) is 1. The maximum absolute atomic E-state index is 13.0. The normalized spacial score (nSPS) is 36.8. The second kappa shape index (κ2) is 7.34. The SMILES string of the molecule is C/C=C/C=C/C(=O)N(C)[C@@H]1CC[C@@]2(O)[C@H]3Cc4ccc(O)c5c4[C@@]2(CCN3CC2CC2)[C@H]1O5. The Hall–Kier alpha value is -2.31. The summed E-state index contributed by atoms with van der Waals surface area (Å²) in [6, 6.07) is 3.64. The smallest absolute Gasteiger partial charge is 0.246 e. The number of aromatic hydroxyl groups is 1. The van der Waals surface area contributed by atoms with E-state index in [0.29, 0.717) is 18.6 Å². The first-order chi connectivity index (χ1) is 15.9. The van der Waals surface area contributed by atoms with Gasteiger partial charge in [0.1, 0.15) is 6.10 Å². The maximum Gasteiger partial charge on any atom is 0.246 e. The number of allylic oxidation sites excluding steroid dienone is 3. The number of carbonyl (C=O) groups is 1. The lowest BCUT2D eigenvalue weighted by atomic mass is 9.48. The molecule has 6 heteroatoms. The zero-order valence-electron chi connectivity index (χ0n) is 19.5. The molecule has 0 aromatic heterocycles. The number of nitrogens with zero attached hydrogens (tertiary/aromatic N) is 2. The predicted octanol–water partition coefficient (Wildman–Crippen LogP) is 2.92. The summed E-state index contributed by atoms with van der Waals surface area (Å²) >= 11 is 0. The molecule has 0 unspecified atom stereocenters. The lowest BCUT2D eigenvalue weighted by Gasteiger charge is -2.64. The van der Waals surface area contributed by atoms with Crippen molar-refractivity contribution in [1.29, 1.82) is 0 Å². The van der Waals surface area contributed by atoms with Gasteiger partial charge in [0.05, 0.1) is 17.1 Å². The zero-order valence-corrected chi connectivity index (χ0v) is 19.5. The topological polar surface area (TPSA) is 73.2 Å². The van der Waals surface area contributed by atoms with Crippen LogP contribution in [0.1, 0.15) is 50.2 Å². The van der Waals surface area contributed by atoms with Crippen LogP contribution in [0.2, 0.25) is 0 Å². The number of hydrogen-bond acceptors (Lipinski definition) is 5. The molecule has 1 aromatic carbocycles. The fourth-order valence-corrected chi connectivity index (χ4v) is 7.38. The van der Waals surface area contributed by atoms with E-state index in [1.54, 1.807) is 23.1 Å². The average molecular weight is 451 g/mol. The Bertz CT molecular complexity index is 1050. The maximum atomic E-state index is 13.0. The number of piperidine rings is 1. The predicted molar refractivity (Wildman–Crippen MR) is 125 cm³/mol. The monoisotopic (exact) mass is 450 g/mol. The first kappa shape index (κ1) is 21.2. The van der Waals surface area contributed by atoms with Crippen LogP contribution in [0.25, 0.3) is 0 Å². The molecular formula is C27H34N2O4. The van der Waals surface area contributed by atoms with Crippen LogP contribution in [0.3, 0.4) is 0 Å². The third kappa shape index (κ3) is 2.83. The van der Waals surface area contributed by atoms with E-state index in [0.717, 1.165) is 37.4 Å². The van der Waals surface area contributed by atoms with E-state index in [9.17, 15) is 15.0 Å². The Morgan fingerprint density at radius 1 is 1.27 bits per heavy atom. The van der Waals surface area contributed by atoms with Crippen LogP contribution in [0, 0.1) is 5.92 Å². The molecule has 1 saturated heterocycles. The zero-order chi connectivity index (χ0) is 23.0. The molecule has 2 N–H and O–H groups in total. The second-order valence-corrected chi connectivity index (χ2v) is 10.7.